The van der Waals surface area contributed by atoms with E-state index in [2.05, 4.69) is 9.71 Å². The van der Waals surface area contributed by atoms with Gasteiger partial charge in [0.1, 0.15) is 5.82 Å². The Morgan fingerprint density at radius 3 is 2.56 bits per heavy atom. The zero-order valence-corrected chi connectivity index (χ0v) is 15.0. The molecule has 0 amide bonds. The molecule has 3 rings (SSSR count). The number of hydrogen-bond donors (Lipinski definition) is 1. The predicted octanol–water partition coefficient (Wildman–Crippen LogP) is 4.55. The molecule has 0 fully saturated rings. The van der Waals surface area contributed by atoms with E-state index in [1.807, 2.05) is 0 Å². The van der Waals surface area contributed by atoms with E-state index in [0.717, 1.165) is 12.1 Å². The van der Waals surface area contributed by atoms with Crippen molar-refractivity contribution >= 4 is 27.3 Å². The van der Waals surface area contributed by atoms with Gasteiger partial charge in [-0.1, -0.05) is 23.7 Å². The van der Waals surface area contributed by atoms with Gasteiger partial charge in [0.15, 0.2) is 11.7 Å². The first-order valence-electron chi connectivity index (χ1n) is 7.27. The normalized spacial score (nSPS) is 11.5. The summed E-state index contributed by atoms with van der Waals surface area (Å²) in [5.74, 6) is 0.400. The SMILES string of the molecule is Cc1ncc(-c2ccc(C)c(S(=O)(=O)Nc3ccc(F)cc3Cl)c2)o1. The Hall–Kier alpha value is -2.38. The molecule has 1 aromatic heterocycles. The lowest BCUT2D eigenvalue weighted by Crippen LogP contribution is -2.14. The van der Waals surface area contributed by atoms with Crippen LogP contribution in [0.3, 0.4) is 0 Å². The maximum Gasteiger partial charge on any atom is 0.262 e. The number of hydrogen-bond acceptors (Lipinski definition) is 4. The highest BCUT2D eigenvalue weighted by atomic mass is 35.5. The highest BCUT2D eigenvalue weighted by Gasteiger charge is 2.20. The van der Waals surface area contributed by atoms with Crippen molar-refractivity contribution in [1.29, 1.82) is 0 Å². The highest BCUT2D eigenvalue weighted by Crippen LogP contribution is 2.29. The van der Waals surface area contributed by atoms with Gasteiger partial charge in [-0.05, 0) is 36.8 Å². The summed E-state index contributed by atoms with van der Waals surface area (Å²) in [7, 11) is -3.92. The molecule has 0 aliphatic rings. The van der Waals surface area contributed by atoms with Crippen LogP contribution >= 0.6 is 11.6 Å². The second-order valence-electron chi connectivity index (χ2n) is 5.45. The summed E-state index contributed by atoms with van der Waals surface area (Å²) < 4.78 is 46.4. The van der Waals surface area contributed by atoms with Gasteiger partial charge in [0.25, 0.3) is 10.0 Å². The van der Waals surface area contributed by atoms with Crippen LogP contribution in [0, 0.1) is 19.7 Å². The van der Waals surface area contributed by atoms with Gasteiger partial charge in [-0.25, -0.2) is 17.8 Å². The number of aromatic nitrogens is 1. The minimum Gasteiger partial charge on any atom is -0.441 e. The molecular weight excluding hydrogens is 367 g/mol. The van der Waals surface area contributed by atoms with Crippen LogP contribution in [0.5, 0.6) is 0 Å². The third kappa shape index (κ3) is 3.67. The minimum atomic E-state index is -3.92. The van der Waals surface area contributed by atoms with Gasteiger partial charge >= 0.3 is 0 Å². The van der Waals surface area contributed by atoms with Gasteiger partial charge < -0.3 is 4.42 Å². The van der Waals surface area contributed by atoms with Crippen molar-refractivity contribution in [3.63, 3.8) is 0 Å². The second kappa shape index (κ2) is 6.50. The van der Waals surface area contributed by atoms with Crippen LogP contribution in [0.1, 0.15) is 11.5 Å². The van der Waals surface area contributed by atoms with Crippen molar-refractivity contribution in [2.75, 3.05) is 4.72 Å². The molecule has 0 aliphatic carbocycles. The Morgan fingerprint density at radius 2 is 1.92 bits per heavy atom. The number of anilines is 1. The van der Waals surface area contributed by atoms with E-state index in [4.69, 9.17) is 16.0 Å². The third-order valence-corrected chi connectivity index (χ3v) is 5.38. The van der Waals surface area contributed by atoms with Crippen molar-refractivity contribution in [2.45, 2.75) is 18.7 Å². The van der Waals surface area contributed by atoms with Crippen LogP contribution in [0.15, 0.2) is 51.9 Å². The zero-order chi connectivity index (χ0) is 18.2. The highest BCUT2D eigenvalue weighted by molar-refractivity contribution is 7.92. The topological polar surface area (TPSA) is 72.2 Å². The maximum atomic E-state index is 13.1. The second-order valence-corrected chi connectivity index (χ2v) is 7.51. The van der Waals surface area contributed by atoms with Gasteiger partial charge in [-0.3, -0.25) is 4.72 Å². The first-order valence-corrected chi connectivity index (χ1v) is 9.14. The Kier molecular flexibility index (Phi) is 4.53. The molecule has 3 aromatic rings. The first kappa shape index (κ1) is 17.4. The minimum absolute atomic E-state index is 0.0248. The zero-order valence-electron chi connectivity index (χ0n) is 13.4. The van der Waals surface area contributed by atoms with Gasteiger partial charge in [0, 0.05) is 12.5 Å². The summed E-state index contributed by atoms with van der Waals surface area (Å²) >= 11 is 5.90. The molecule has 0 bridgehead atoms. The monoisotopic (exact) mass is 380 g/mol. The van der Waals surface area contributed by atoms with E-state index in [9.17, 15) is 12.8 Å². The van der Waals surface area contributed by atoms with E-state index >= 15 is 0 Å². The Labute approximate surface area is 149 Å². The number of benzene rings is 2. The molecule has 0 atom stereocenters. The Balaban J connectivity index is 2.01. The molecule has 0 aliphatic heterocycles. The smallest absolute Gasteiger partial charge is 0.262 e. The molecule has 0 saturated carbocycles. The molecule has 1 heterocycles. The number of oxazole rings is 1. The molecule has 0 saturated heterocycles. The average Bonchev–Trinajstić information content (AvgIpc) is 2.97. The van der Waals surface area contributed by atoms with Gasteiger partial charge in [-0.15, -0.1) is 0 Å². The number of halogens is 2. The third-order valence-electron chi connectivity index (χ3n) is 3.56. The van der Waals surface area contributed by atoms with E-state index in [-0.39, 0.29) is 15.6 Å². The molecule has 5 nitrogen and oxygen atoms in total. The maximum absolute atomic E-state index is 13.1. The van der Waals surface area contributed by atoms with E-state index in [1.54, 1.807) is 26.0 Å². The summed E-state index contributed by atoms with van der Waals surface area (Å²) in [5, 5.41) is -0.0248. The summed E-state index contributed by atoms with van der Waals surface area (Å²) in [6.07, 6.45) is 1.53. The van der Waals surface area contributed by atoms with Crippen LogP contribution in [0.2, 0.25) is 5.02 Å². The molecule has 130 valence electrons. The number of aryl methyl sites for hydroxylation is 2. The summed E-state index contributed by atoms with van der Waals surface area (Å²) in [6, 6.07) is 8.36. The first-order chi connectivity index (χ1) is 11.8. The molecular formula is C17H14ClFN2O3S. The number of sulfonamides is 1. The fourth-order valence-electron chi connectivity index (χ4n) is 2.31. The van der Waals surface area contributed by atoms with Crippen LogP contribution in [0.25, 0.3) is 11.3 Å². The quantitative estimate of drug-likeness (QED) is 0.720. The van der Waals surface area contributed by atoms with E-state index in [1.165, 1.54) is 18.3 Å². The number of rotatable bonds is 4. The number of nitrogens with one attached hydrogen (secondary N) is 1. The van der Waals surface area contributed by atoms with E-state index < -0.39 is 15.8 Å². The lowest BCUT2D eigenvalue weighted by Gasteiger charge is -2.12. The fraction of sp³-hybridized carbons (Fsp3) is 0.118. The van der Waals surface area contributed by atoms with E-state index in [0.29, 0.717) is 22.8 Å². The van der Waals surface area contributed by atoms with Gasteiger partial charge in [0.05, 0.1) is 21.8 Å². The molecule has 8 heteroatoms. The fourth-order valence-corrected chi connectivity index (χ4v) is 3.93. The van der Waals surface area contributed by atoms with Crippen LogP contribution < -0.4 is 4.72 Å². The summed E-state index contributed by atoms with van der Waals surface area (Å²) in [6.45, 7) is 3.38. The number of nitrogens with zero attached hydrogens (tertiary/aromatic N) is 1. The average molecular weight is 381 g/mol. The summed E-state index contributed by atoms with van der Waals surface area (Å²) in [5.41, 5.74) is 1.23. The molecule has 0 unspecified atom stereocenters. The lowest BCUT2D eigenvalue weighted by molar-refractivity contribution is 0.534. The van der Waals surface area contributed by atoms with Crippen LogP contribution in [0.4, 0.5) is 10.1 Å². The summed E-state index contributed by atoms with van der Waals surface area (Å²) in [4.78, 5) is 4.08. The van der Waals surface area contributed by atoms with Crippen molar-refractivity contribution in [1.82, 2.24) is 4.98 Å². The van der Waals surface area contributed by atoms with Crippen molar-refractivity contribution < 1.29 is 17.2 Å². The van der Waals surface area contributed by atoms with Crippen molar-refractivity contribution in [3.05, 3.63) is 64.9 Å². The standard InChI is InChI=1S/C17H14ClFN2O3S/c1-10-3-4-12(16-9-20-11(2)24-16)7-17(10)25(22,23)21-15-6-5-13(19)8-14(15)18/h3-9,21H,1-2H3. The predicted molar refractivity (Wildman–Crippen MR) is 93.6 cm³/mol. The van der Waals surface area contributed by atoms with Crippen molar-refractivity contribution in [3.8, 4) is 11.3 Å². The molecule has 2 aromatic carbocycles. The van der Waals surface area contributed by atoms with Crippen LogP contribution in [-0.4, -0.2) is 13.4 Å². The lowest BCUT2D eigenvalue weighted by atomic mass is 10.1. The van der Waals surface area contributed by atoms with Crippen molar-refractivity contribution in [2.24, 2.45) is 0 Å². The van der Waals surface area contributed by atoms with Gasteiger partial charge in [-0.2, -0.15) is 0 Å². The largest absolute Gasteiger partial charge is 0.441 e. The Bertz CT molecular complexity index is 1050. The molecule has 0 spiro atoms. The molecule has 25 heavy (non-hydrogen) atoms. The molecule has 0 radical (unpaired) electrons. The van der Waals surface area contributed by atoms with Gasteiger partial charge in [0.2, 0.25) is 0 Å². The Morgan fingerprint density at radius 1 is 1.16 bits per heavy atom. The van der Waals surface area contributed by atoms with Crippen LogP contribution in [-0.2, 0) is 10.0 Å². The molecule has 1 N–H and O–H groups in total.